The van der Waals surface area contributed by atoms with Crippen molar-refractivity contribution in [3.63, 3.8) is 0 Å². The molecule has 0 spiro atoms. The summed E-state index contributed by atoms with van der Waals surface area (Å²) in [6.07, 6.45) is 1.95. The third-order valence-corrected chi connectivity index (χ3v) is 9.54. The fourth-order valence-electron chi connectivity index (χ4n) is 6.70. The molecular weight excluding hydrogens is 562 g/mol. The van der Waals surface area contributed by atoms with Crippen LogP contribution in [0.3, 0.4) is 0 Å². The Hall–Kier alpha value is -4.77. The number of nitrogens with zero attached hydrogens (tertiary/aromatic N) is 5. The zero-order chi connectivity index (χ0) is 32.5. The second-order valence-corrected chi connectivity index (χ2v) is 15.0. The minimum absolute atomic E-state index is 0.00650. The summed E-state index contributed by atoms with van der Waals surface area (Å²) in [5.74, 6) is 0.947. The molecule has 1 aliphatic heterocycles. The van der Waals surface area contributed by atoms with Gasteiger partial charge in [-0.25, -0.2) is 4.98 Å². The van der Waals surface area contributed by atoms with Crippen LogP contribution in [0.15, 0.2) is 97.2 Å². The first kappa shape index (κ1) is 29.9. The Morgan fingerprint density at radius 1 is 0.674 bits per heavy atom. The highest BCUT2D eigenvalue weighted by molar-refractivity contribution is 6.10. The van der Waals surface area contributed by atoms with Crippen molar-refractivity contribution < 1.29 is 0 Å². The van der Waals surface area contributed by atoms with Gasteiger partial charge in [0.25, 0.3) is 0 Å². The number of anilines is 5. The molecule has 5 heteroatoms. The number of benzene rings is 4. The predicted molar refractivity (Wildman–Crippen MR) is 197 cm³/mol. The van der Waals surface area contributed by atoms with E-state index >= 15 is 0 Å². The Kier molecular flexibility index (Phi) is 6.93. The van der Waals surface area contributed by atoms with E-state index in [1.165, 1.54) is 55.7 Å². The van der Waals surface area contributed by atoms with E-state index in [4.69, 9.17) is 4.98 Å². The lowest BCUT2D eigenvalue weighted by Crippen LogP contribution is -2.25. The molecule has 7 rings (SSSR count). The zero-order valence-corrected chi connectivity index (χ0v) is 28.7. The molecule has 3 heterocycles. The van der Waals surface area contributed by atoms with Crippen LogP contribution in [0, 0.1) is 6.92 Å². The normalized spacial score (nSPS) is 13.6. The Bertz CT molecular complexity index is 2110. The summed E-state index contributed by atoms with van der Waals surface area (Å²) in [7, 11) is 4.37. The summed E-state index contributed by atoms with van der Waals surface area (Å²) in [4.78, 5) is 12.0. The number of hydrogen-bond donors (Lipinski definition) is 0. The highest BCUT2D eigenvalue weighted by Crippen LogP contribution is 2.44. The minimum atomic E-state index is -0.00650. The van der Waals surface area contributed by atoms with Crippen molar-refractivity contribution in [3.8, 4) is 5.82 Å². The highest BCUT2D eigenvalue weighted by Gasteiger charge is 2.27. The second-order valence-electron chi connectivity index (χ2n) is 15.0. The highest BCUT2D eigenvalue weighted by atomic mass is 15.4. The van der Waals surface area contributed by atoms with Crippen molar-refractivity contribution in [3.05, 3.63) is 114 Å². The molecule has 0 amide bonds. The third-order valence-electron chi connectivity index (χ3n) is 9.54. The topological polar surface area (TPSA) is 27.5 Å². The van der Waals surface area contributed by atoms with E-state index < -0.39 is 0 Å². The third kappa shape index (κ3) is 5.08. The number of rotatable bonds is 4. The maximum Gasteiger partial charge on any atom is 0.137 e. The number of hydrogen-bond acceptors (Lipinski definition) is 4. The van der Waals surface area contributed by atoms with Gasteiger partial charge in [-0.15, -0.1) is 0 Å². The number of fused-ring (bicyclic) bond motifs is 4. The summed E-state index contributed by atoms with van der Waals surface area (Å²) in [6.45, 7) is 16.6. The monoisotopic (exact) mass is 607 g/mol. The lowest BCUT2D eigenvalue weighted by molar-refractivity contribution is 0.588. The van der Waals surface area contributed by atoms with E-state index in [-0.39, 0.29) is 10.8 Å². The van der Waals surface area contributed by atoms with Gasteiger partial charge in [-0.1, -0.05) is 71.9 Å². The number of aromatic nitrogens is 2. The van der Waals surface area contributed by atoms with Crippen LogP contribution in [0.2, 0.25) is 0 Å². The molecule has 46 heavy (non-hydrogen) atoms. The molecule has 0 saturated heterocycles. The quantitative estimate of drug-likeness (QED) is 0.199. The van der Waals surface area contributed by atoms with Crippen LogP contribution in [0.5, 0.6) is 0 Å². The molecule has 1 aliphatic rings. The van der Waals surface area contributed by atoms with Gasteiger partial charge in [-0.3, -0.25) is 4.57 Å². The van der Waals surface area contributed by atoms with Gasteiger partial charge in [0.2, 0.25) is 0 Å². The van der Waals surface area contributed by atoms with Crippen LogP contribution in [0.1, 0.15) is 58.2 Å². The number of pyridine rings is 1. The molecule has 0 N–H and O–H groups in total. The predicted octanol–water partition coefficient (Wildman–Crippen LogP) is 10.4. The smallest absolute Gasteiger partial charge is 0.137 e. The molecule has 0 radical (unpaired) electrons. The Balaban J connectivity index is 1.38. The zero-order valence-electron chi connectivity index (χ0n) is 28.7. The number of para-hydroxylation sites is 1. The first-order valence-corrected chi connectivity index (χ1v) is 16.3. The van der Waals surface area contributed by atoms with E-state index in [0.717, 1.165) is 23.7 Å². The van der Waals surface area contributed by atoms with Crippen LogP contribution in [0.4, 0.5) is 28.4 Å². The van der Waals surface area contributed by atoms with Crippen molar-refractivity contribution in [1.82, 2.24) is 9.55 Å². The van der Waals surface area contributed by atoms with E-state index in [0.29, 0.717) is 0 Å². The van der Waals surface area contributed by atoms with Crippen LogP contribution < -0.4 is 14.7 Å². The average Bonchev–Trinajstić information content (AvgIpc) is 3.53. The SMILES string of the molecule is Cc1ccc2c(c1)N(C)CN2c1cc(N(C)c2ccc3c4ccccc4n(-c4cc(C(C)(C)C)ccn4)c3c2)cc(C(C)(C)C)c1. The van der Waals surface area contributed by atoms with E-state index in [9.17, 15) is 0 Å². The van der Waals surface area contributed by atoms with E-state index in [1.54, 1.807) is 0 Å². The maximum atomic E-state index is 4.89. The fraction of sp³-hybridized carbons (Fsp3) is 0.293. The van der Waals surface area contributed by atoms with E-state index in [1.807, 2.05) is 6.20 Å². The molecule has 5 nitrogen and oxygen atoms in total. The molecular formula is C41H45N5. The van der Waals surface area contributed by atoms with Crippen LogP contribution in [0.25, 0.3) is 27.6 Å². The first-order valence-electron chi connectivity index (χ1n) is 16.3. The molecule has 2 aromatic heterocycles. The molecule has 0 aliphatic carbocycles. The lowest BCUT2D eigenvalue weighted by Gasteiger charge is -2.28. The second kappa shape index (κ2) is 10.7. The van der Waals surface area contributed by atoms with Gasteiger partial charge in [0.1, 0.15) is 5.82 Å². The molecule has 6 aromatic rings. The van der Waals surface area contributed by atoms with Gasteiger partial charge < -0.3 is 14.7 Å². The van der Waals surface area contributed by atoms with Crippen LogP contribution in [-0.4, -0.2) is 30.3 Å². The van der Waals surface area contributed by atoms with Crippen LogP contribution in [-0.2, 0) is 10.8 Å². The first-order chi connectivity index (χ1) is 21.8. The van der Waals surface area contributed by atoms with Crippen molar-refractivity contribution in [2.75, 3.05) is 35.5 Å². The molecule has 234 valence electrons. The summed E-state index contributed by atoms with van der Waals surface area (Å²) >= 11 is 0. The lowest BCUT2D eigenvalue weighted by atomic mass is 9.86. The van der Waals surface area contributed by atoms with Crippen LogP contribution >= 0.6 is 0 Å². The largest absolute Gasteiger partial charge is 0.355 e. The average molecular weight is 608 g/mol. The molecule has 0 saturated carbocycles. The molecule has 0 fully saturated rings. The summed E-state index contributed by atoms with van der Waals surface area (Å²) in [5.41, 5.74) is 12.3. The van der Waals surface area contributed by atoms with Gasteiger partial charge >= 0.3 is 0 Å². The minimum Gasteiger partial charge on any atom is -0.355 e. The summed E-state index contributed by atoms with van der Waals surface area (Å²) < 4.78 is 2.33. The van der Waals surface area contributed by atoms with Crippen molar-refractivity contribution >= 4 is 50.2 Å². The number of aryl methyl sites for hydroxylation is 1. The Morgan fingerprint density at radius 2 is 1.41 bits per heavy atom. The maximum absolute atomic E-state index is 4.89. The molecule has 0 atom stereocenters. The van der Waals surface area contributed by atoms with Gasteiger partial charge in [0, 0.05) is 48.1 Å². The molecule has 0 unspecified atom stereocenters. The van der Waals surface area contributed by atoms with Gasteiger partial charge in [0.15, 0.2) is 0 Å². The van der Waals surface area contributed by atoms with Crippen molar-refractivity contribution in [1.29, 1.82) is 0 Å². The van der Waals surface area contributed by atoms with Gasteiger partial charge in [-0.2, -0.15) is 0 Å². The van der Waals surface area contributed by atoms with Gasteiger partial charge in [0.05, 0.1) is 29.1 Å². The Morgan fingerprint density at radius 3 is 2.17 bits per heavy atom. The Labute approximate surface area is 273 Å². The van der Waals surface area contributed by atoms with Crippen molar-refractivity contribution in [2.45, 2.75) is 59.3 Å². The molecule has 0 bridgehead atoms. The summed E-state index contributed by atoms with van der Waals surface area (Å²) in [5, 5.41) is 2.46. The van der Waals surface area contributed by atoms with E-state index in [2.05, 4.69) is 173 Å². The standard InChI is InChI=1S/C41H45N5/c1-27-14-17-36-38(20-27)43(8)26-45(36)32-22-29(41(5,6)7)21-31(24-32)44(9)30-15-16-34-33-12-10-11-13-35(33)46(37(34)25-30)39-23-28(18-19-42-39)40(2,3)4/h10-25H,26H2,1-9H3. The van der Waals surface area contributed by atoms with Crippen molar-refractivity contribution in [2.24, 2.45) is 0 Å². The fourth-order valence-corrected chi connectivity index (χ4v) is 6.70. The molecule has 4 aromatic carbocycles. The van der Waals surface area contributed by atoms with Gasteiger partial charge in [-0.05, 0) is 95.1 Å². The summed E-state index contributed by atoms with van der Waals surface area (Å²) in [6, 6.07) is 33.7.